The van der Waals surface area contributed by atoms with Crippen molar-refractivity contribution in [3.8, 4) is 0 Å². The van der Waals surface area contributed by atoms with Crippen molar-refractivity contribution in [3.63, 3.8) is 0 Å². The second-order valence-corrected chi connectivity index (χ2v) is 5.19. The molecule has 5 heteroatoms. The van der Waals surface area contributed by atoms with Crippen molar-refractivity contribution in [2.75, 3.05) is 5.32 Å². The summed E-state index contributed by atoms with van der Waals surface area (Å²) in [6.45, 7) is 1.94. The van der Waals surface area contributed by atoms with E-state index in [4.69, 9.17) is 11.6 Å². The Kier molecular flexibility index (Phi) is 4.19. The van der Waals surface area contributed by atoms with E-state index in [9.17, 15) is 4.39 Å². The summed E-state index contributed by atoms with van der Waals surface area (Å²) in [6, 6.07) is 6.99. The van der Waals surface area contributed by atoms with Crippen LogP contribution in [0.5, 0.6) is 0 Å². The predicted molar refractivity (Wildman–Crippen MR) is 75.4 cm³/mol. The summed E-state index contributed by atoms with van der Waals surface area (Å²) >= 11 is 9.34. The van der Waals surface area contributed by atoms with Gasteiger partial charge in [0, 0.05) is 16.4 Å². The lowest BCUT2D eigenvalue weighted by Gasteiger charge is -2.15. The molecule has 1 N–H and O–H groups in total. The summed E-state index contributed by atoms with van der Waals surface area (Å²) in [5.41, 5.74) is 1.66. The lowest BCUT2D eigenvalue weighted by molar-refractivity contribution is 0.616. The third kappa shape index (κ3) is 3.21. The number of pyridine rings is 1. The van der Waals surface area contributed by atoms with E-state index in [0.717, 1.165) is 15.7 Å². The van der Waals surface area contributed by atoms with Gasteiger partial charge in [-0.05, 0) is 52.7 Å². The number of nitrogens with zero attached hydrogens (tertiary/aromatic N) is 1. The normalized spacial score (nSPS) is 12.2. The molecule has 1 atom stereocenters. The molecule has 1 heterocycles. The minimum atomic E-state index is -0.338. The summed E-state index contributed by atoms with van der Waals surface area (Å²) in [6.07, 6.45) is 2.83. The molecule has 0 fully saturated rings. The molecular weight excluding hydrogens is 319 g/mol. The van der Waals surface area contributed by atoms with Gasteiger partial charge in [-0.3, -0.25) is 4.98 Å². The molecule has 0 amide bonds. The second kappa shape index (κ2) is 5.67. The number of hydrogen-bond acceptors (Lipinski definition) is 2. The Balaban J connectivity index is 2.16. The zero-order valence-electron chi connectivity index (χ0n) is 9.62. The quantitative estimate of drug-likeness (QED) is 0.874. The highest BCUT2D eigenvalue weighted by Crippen LogP contribution is 2.27. The van der Waals surface area contributed by atoms with E-state index in [1.165, 1.54) is 12.3 Å². The maximum atomic E-state index is 13.1. The fourth-order valence-electron chi connectivity index (χ4n) is 1.58. The maximum Gasteiger partial charge on any atom is 0.141 e. The van der Waals surface area contributed by atoms with Gasteiger partial charge in [0.25, 0.3) is 0 Å². The molecule has 1 aromatic carbocycles. The topological polar surface area (TPSA) is 24.9 Å². The Hall–Kier alpha value is -1.13. The van der Waals surface area contributed by atoms with Gasteiger partial charge in [-0.15, -0.1) is 0 Å². The Bertz CT molecular complexity index is 562. The van der Waals surface area contributed by atoms with Crippen LogP contribution in [0.2, 0.25) is 5.02 Å². The molecule has 0 spiro atoms. The molecule has 0 bridgehead atoms. The van der Waals surface area contributed by atoms with Crippen LogP contribution in [0, 0.1) is 5.82 Å². The highest BCUT2D eigenvalue weighted by molar-refractivity contribution is 9.10. The van der Waals surface area contributed by atoms with Crippen molar-refractivity contribution < 1.29 is 4.39 Å². The van der Waals surface area contributed by atoms with E-state index in [-0.39, 0.29) is 11.9 Å². The van der Waals surface area contributed by atoms with Gasteiger partial charge in [0.05, 0.1) is 17.3 Å². The summed E-state index contributed by atoms with van der Waals surface area (Å²) < 4.78 is 13.9. The molecule has 0 saturated carbocycles. The van der Waals surface area contributed by atoms with Gasteiger partial charge < -0.3 is 5.32 Å². The molecule has 1 aromatic heterocycles. The number of rotatable bonds is 3. The van der Waals surface area contributed by atoms with Crippen LogP contribution >= 0.6 is 27.5 Å². The Labute approximate surface area is 118 Å². The maximum absolute atomic E-state index is 13.1. The van der Waals surface area contributed by atoms with Gasteiger partial charge in [-0.25, -0.2) is 4.39 Å². The van der Waals surface area contributed by atoms with E-state index in [1.54, 1.807) is 6.20 Å². The summed E-state index contributed by atoms with van der Waals surface area (Å²) in [4.78, 5) is 3.83. The number of aromatic nitrogens is 1. The first kappa shape index (κ1) is 13.3. The molecule has 18 heavy (non-hydrogen) atoms. The van der Waals surface area contributed by atoms with E-state index >= 15 is 0 Å². The zero-order valence-corrected chi connectivity index (χ0v) is 12.0. The lowest BCUT2D eigenvalue weighted by atomic mass is 10.1. The van der Waals surface area contributed by atoms with E-state index in [1.807, 2.05) is 25.1 Å². The first-order valence-corrected chi connectivity index (χ1v) is 6.55. The van der Waals surface area contributed by atoms with Crippen LogP contribution in [0.25, 0.3) is 0 Å². The fourth-order valence-corrected chi connectivity index (χ4v) is 2.01. The Morgan fingerprint density at radius 2 is 2.11 bits per heavy atom. The van der Waals surface area contributed by atoms with Crippen LogP contribution in [0.1, 0.15) is 18.5 Å². The van der Waals surface area contributed by atoms with Crippen LogP contribution in [0.3, 0.4) is 0 Å². The average molecular weight is 330 g/mol. The molecule has 0 radical (unpaired) electrons. The predicted octanol–water partition coefficient (Wildman–Crippen LogP) is 4.81. The zero-order chi connectivity index (χ0) is 13.1. The van der Waals surface area contributed by atoms with Crippen molar-refractivity contribution in [2.24, 2.45) is 0 Å². The van der Waals surface area contributed by atoms with Crippen LogP contribution < -0.4 is 5.32 Å². The monoisotopic (exact) mass is 328 g/mol. The van der Waals surface area contributed by atoms with Gasteiger partial charge >= 0.3 is 0 Å². The lowest BCUT2D eigenvalue weighted by Crippen LogP contribution is -2.07. The summed E-state index contributed by atoms with van der Waals surface area (Å²) in [5.74, 6) is -0.338. The van der Waals surface area contributed by atoms with Crippen molar-refractivity contribution in [2.45, 2.75) is 13.0 Å². The minimum absolute atomic E-state index is 0.0505. The molecule has 2 aromatic rings. The molecular formula is C13H11BrClFN2. The smallest absolute Gasteiger partial charge is 0.141 e. The van der Waals surface area contributed by atoms with Crippen LogP contribution in [-0.2, 0) is 0 Å². The van der Waals surface area contributed by atoms with Crippen molar-refractivity contribution in [1.82, 2.24) is 4.98 Å². The van der Waals surface area contributed by atoms with Crippen LogP contribution in [0.4, 0.5) is 10.1 Å². The van der Waals surface area contributed by atoms with Gasteiger partial charge in [0.15, 0.2) is 0 Å². The Morgan fingerprint density at radius 1 is 1.33 bits per heavy atom. The molecule has 0 saturated heterocycles. The number of anilines is 1. The van der Waals surface area contributed by atoms with E-state index in [2.05, 4.69) is 26.2 Å². The first-order chi connectivity index (χ1) is 8.56. The largest absolute Gasteiger partial charge is 0.378 e. The standard InChI is InChI=1S/C13H11BrClFN2/c1-8(9-4-10(16)7-17-6-9)18-11-2-3-12(14)13(15)5-11/h2-8,18H,1H3. The fraction of sp³-hybridized carbons (Fsp3) is 0.154. The molecule has 0 aliphatic heterocycles. The summed E-state index contributed by atoms with van der Waals surface area (Å²) in [7, 11) is 0. The molecule has 1 unspecified atom stereocenters. The molecule has 2 rings (SSSR count). The van der Waals surface area contributed by atoms with Gasteiger partial charge in [-0.2, -0.15) is 0 Å². The third-order valence-corrected chi connectivity index (χ3v) is 3.76. The Morgan fingerprint density at radius 3 is 2.78 bits per heavy atom. The summed E-state index contributed by atoms with van der Waals surface area (Å²) in [5, 5.41) is 3.87. The highest BCUT2D eigenvalue weighted by Gasteiger charge is 2.07. The van der Waals surface area contributed by atoms with Crippen molar-refractivity contribution in [3.05, 3.63) is 57.5 Å². The van der Waals surface area contributed by atoms with E-state index < -0.39 is 0 Å². The molecule has 94 valence electrons. The number of benzene rings is 1. The number of halogens is 3. The average Bonchev–Trinajstić information content (AvgIpc) is 2.34. The minimum Gasteiger partial charge on any atom is -0.378 e. The third-order valence-electron chi connectivity index (χ3n) is 2.53. The molecule has 2 nitrogen and oxygen atoms in total. The van der Waals surface area contributed by atoms with Gasteiger partial charge in [0.1, 0.15) is 5.82 Å². The van der Waals surface area contributed by atoms with Gasteiger partial charge in [-0.1, -0.05) is 11.6 Å². The van der Waals surface area contributed by atoms with Crippen LogP contribution in [-0.4, -0.2) is 4.98 Å². The molecule has 0 aliphatic rings. The van der Waals surface area contributed by atoms with Crippen molar-refractivity contribution >= 4 is 33.2 Å². The SMILES string of the molecule is CC(Nc1ccc(Br)c(Cl)c1)c1cncc(F)c1. The van der Waals surface area contributed by atoms with Crippen LogP contribution in [0.15, 0.2) is 41.1 Å². The second-order valence-electron chi connectivity index (χ2n) is 3.93. The van der Waals surface area contributed by atoms with Gasteiger partial charge in [0.2, 0.25) is 0 Å². The first-order valence-electron chi connectivity index (χ1n) is 5.38. The number of hydrogen-bond donors (Lipinski definition) is 1. The van der Waals surface area contributed by atoms with E-state index in [0.29, 0.717) is 5.02 Å². The number of nitrogens with one attached hydrogen (secondary N) is 1. The van der Waals surface area contributed by atoms with Crippen molar-refractivity contribution in [1.29, 1.82) is 0 Å². The molecule has 0 aliphatic carbocycles. The highest BCUT2D eigenvalue weighted by atomic mass is 79.9.